The highest BCUT2D eigenvalue weighted by Gasteiger charge is 2.26. The van der Waals surface area contributed by atoms with Gasteiger partial charge in [0.05, 0.1) is 6.54 Å². The third-order valence-electron chi connectivity index (χ3n) is 4.58. The van der Waals surface area contributed by atoms with Crippen molar-refractivity contribution in [2.75, 3.05) is 13.1 Å². The number of rotatable bonds is 4. The summed E-state index contributed by atoms with van der Waals surface area (Å²) in [6, 6.07) is 0. The molecule has 1 aromatic rings. The van der Waals surface area contributed by atoms with Gasteiger partial charge in [-0.25, -0.2) is 4.98 Å². The first-order valence-electron chi connectivity index (χ1n) is 8.18. The molecule has 1 N–H and O–H groups in total. The fourth-order valence-electron chi connectivity index (χ4n) is 3.29. The van der Waals surface area contributed by atoms with Crippen molar-refractivity contribution in [3.63, 3.8) is 0 Å². The molecule has 1 saturated carbocycles. The summed E-state index contributed by atoms with van der Waals surface area (Å²) in [5.74, 6) is 1.07. The van der Waals surface area contributed by atoms with Crippen LogP contribution in [0.25, 0.3) is 0 Å². The molecule has 0 radical (unpaired) electrons. The molecule has 1 saturated heterocycles. The summed E-state index contributed by atoms with van der Waals surface area (Å²) in [5.41, 5.74) is 0.381. The largest absolute Gasteiger partial charge is 0.443 e. The second-order valence-corrected chi connectivity index (χ2v) is 6.21. The van der Waals surface area contributed by atoms with Gasteiger partial charge in [-0.2, -0.15) is 0 Å². The summed E-state index contributed by atoms with van der Waals surface area (Å²) >= 11 is 0. The lowest BCUT2D eigenvalue weighted by Gasteiger charge is -2.13. The van der Waals surface area contributed by atoms with Gasteiger partial charge in [0, 0.05) is 19.0 Å². The molecule has 0 spiro atoms. The Kier molecular flexibility index (Phi) is 4.45. The molecule has 3 rings (SSSR count). The number of oxazole rings is 1. The van der Waals surface area contributed by atoms with Crippen molar-refractivity contribution in [1.82, 2.24) is 15.2 Å². The highest BCUT2D eigenvalue weighted by atomic mass is 16.4. The van der Waals surface area contributed by atoms with Crippen LogP contribution in [0.2, 0.25) is 0 Å². The molecule has 1 aromatic heterocycles. The Hall–Kier alpha value is -1.85. The number of carbonyl (C=O) groups is 2. The van der Waals surface area contributed by atoms with Gasteiger partial charge in [0.15, 0.2) is 5.69 Å². The van der Waals surface area contributed by atoms with Gasteiger partial charge in [0.1, 0.15) is 5.76 Å². The Morgan fingerprint density at radius 1 is 1.23 bits per heavy atom. The molecule has 2 amide bonds. The molecular weight excluding hydrogens is 282 g/mol. The number of carbonyl (C=O) groups excluding carboxylic acids is 2. The molecule has 120 valence electrons. The second kappa shape index (κ2) is 6.50. The number of aromatic nitrogens is 1. The molecule has 22 heavy (non-hydrogen) atoms. The minimum absolute atomic E-state index is 0.0629. The van der Waals surface area contributed by atoms with E-state index in [0.29, 0.717) is 17.3 Å². The zero-order valence-electron chi connectivity index (χ0n) is 13.1. The smallest absolute Gasteiger partial charge is 0.276 e. The van der Waals surface area contributed by atoms with Gasteiger partial charge >= 0.3 is 0 Å². The van der Waals surface area contributed by atoms with Crippen molar-refractivity contribution < 1.29 is 14.0 Å². The maximum atomic E-state index is 12.3. The monoisotopic (exact) mass is 305 g/mol. The summed E-state index contributed by atoms with van der Waals surface area (Å²) in [5, 5.41) is 2.87. The van der Waals surface area contributed by atoms with Crippen LogP contribution in [0.4, 0.5) is 0 Å². The van der Waals surface area contributed by atoms with E-state index in [1.54, 1.807) is 6.92 Å². The SMILES string of the molecule is Cc1oc(CNC(=O)C2CCCC2)nc1C(=O)N1CCCC1. The van der Waals surface area contributed by atoms with Crippen LogP contribution in [0.5, 0.6) is 0 Å². The molecule has 2 heterocycles. The van der Waals surface area contributed by atoms with E-state index in [-0.39, 0.29) is 24.3 Å². The molecule has 1 aliphatic heterocycles. The molecule has 2 aliphatic rings. The van der Waals surface area contributed by atoms with E-state index >= 15 is 0 Å². The quantitative estimate of drug-likeness (QED) is 0.923. The first-order valence-corrected chi connectivity index (χ1v) is 8.18. The van der Waals surface area contributed by atoms with E-state index in [9.17, 15) is 9.59 Å². The lowest BCUT2D eigenvalue weighted by Crippen LogP contribution is -2.29. The van der Waals surface area contributed by atoms with Crippen LogP contribution in [-0.4, -0.2) is 34.8 Å². The number of hydrogen-bond donors (Lipinski definition) is 1. The summed E-state index contributed by atoms with van der Waals surface area (Å²) in [6.07, 6.45) is 6.29. The van der Waals surface area contributed by atoms with Gasteiger partial charge in [-0.05, 0) is 32.6 Å². The number of amides is 2. The van der Waals surface area contributed by atoms with Crippen molar-refractivity contribution in [2.45, 2.75) is 52.0 Å². The Balaban J connectivity index is 1.59. The average molecular weight is 305 g/mol. The van der Waals surface area contributed by atoms with Crippen molar-refractivity contribution in [3.8, 4) is 0 Å². The maximum Gasteiger partial charge on any atom is 0.276 e. The van der Waals surface area contributed by atoms with Crippen molar-refractivity contribution in [3.05, 3.63) is 17.3 Å². The van der Waals surface area contributed by atoms with E-state index in [1.165, 1.54) is 0 Å². The van der Waals surface area contributed by atoms with Gasteiger partial charge in [-0.1, -0.05) is 12.8 Å². The van der Waals surface area contributed by atoms with Crippen molar-refractivity contribution in [2.24, 2.45) is 5.92 Å². The number of aryl methyl sites for hydroxylation is 1. The van der Waals surface area contributed by atoms with E-state index in [1.807, 2.05) is 4.90 Å². The second-order valence-electron chi connectivity index (χ2n) is 6.21. The van der Waals surface area contributed by atoms with E-state index in [2.05, 4.69) is 10.3 Å². The molecule has 1 aliphatic carbocycles. The first kappa shape index (κ1) is 15.1. The topological polar surface area (TPSA) is 75.4 Å². The molecule has 2 fully saturated rings. The Morgan fingerprint density at radius 3 is 2.59 bits per heavy atom. The highest BCUT2D eigenvalue weighted by molar-refractivity contribution is 5.93. The fourth-order valence-corrected chi connectivity index (χ4v) is 3.29. The standard InChI is InChI=1S/C16H23N3O3/c1-11-14(16(21)19-8-4-5-9-19)18-13(22-11)10-17-15(20)12-6-2-3-7-12/h12H,2-10H2,1H3,(H,17,20). The lowest BCUT2D eigenvalue weighted by atomic mass is 10.1. The average Bonchev–Trinajstić information content (AvgIpc) is 3.25. The van der Waals surface area contributed by atoms with Gasteiger partial charge in [0.25, 0.3) is 5.91 Å². The highest BCUT2D eigenvalue weighted by Crippen LogP contribution is 2.24. The van der Waals surface area contributed by atoms with Gasteiger partial charge in [0.2, 0.25) is 11.8 Å². The molecule has 0 unspecified atom stereocenters. The molecular formula is C16H23N3O3. The van der Waals surface area contributed by atoms with Crippen molar-refractivity contribution >= 4 is 11.8 Å². The zero-order chi connectivity index (χ0) is 15.5. The van der Waals surface area contributed by atoms with Crippen LogP contribution in [0.1, 0.15) is 60.7 Å². The minimum Gasteiger partial charge on any atom is -0.443 e. The third kappa shape index (κ3) is 3.15. The molecule has 0 bridgehead atoms. The third-order valence-corrected chi connectivity index (χ3v) is 4.58. The van der Waals surface area contributed by atoms with E-state index in [4.69, 9.17) is 4.42 Å². The van der Waals surface area contributed by atoms with Crippen LogP contribution in [-0.2, 0) is 11.3 Å². The van der Waals surface area contributed by atoms with E-state index < -0.39 is 0 Å². The van der Waals surface area contributed by atoms with E-state index in [0.717, 1.165) is 51.6 Å². The van der Waals surface area contributed by atoms with Gasteiger partial charge < -0.3 is 14.6 Å². The number of nitrogens with zero attached hydrogens (tertiary/aromatic N) is 2. The Bertz CT molecular complexity index is 555. The lowest BCUT2D eigenvalue weighted by molar-refractivity contribution is -0.125. The van der Waals surface area contributed by atoms with Crippen LogP contribution in [0.15, 0.2) is 4.42 Å². The van der Waals surface area contributed by atoms with Crippen LogP contribution in [0.3, 0.4) is 0 Å². The van der Waals surface area contributed by atoms with Crippen LogP contribution >= 0.6 is 0 Å². The molecule has 6 heteroatoms. The van der Waals surface area contributed by atoms with Gasteiger partial charge in [-0.15, -0.1) is 0 Å². The Morgan fingerprint density at radius 2 is 1.91 bits per heavy atom. The summed E-state index contributed by atoms with van der Waals surface area (Å²) < 4.78 is 5.54. The summed E-state index contributed by atoms with van der Waals surface area (Å²) in [4.78, 5) is 30.4. The molecule has 6 nitrogen and oxygen atoms in total. The van der Waals surface area contributed by atoms with Gasteiger partial charge in [-0.3, -0.25) is 9.59 Å². The number of hydrogen-bond acceptors (Lipinski definition) is 4. The number of nitrogens with one attached hydrogen (secondary N) is 1. The number of likely N-dealkylation sites (tertiary alicyclic amines) is 1. The van der Waals surface area contributed by atoms with Crippen molar-refractivity contribution in [1.29, 1.82) is 0 Å². The summed E-state index contributed by atoms with van der Waals surface area (Å²) in [6.45, 7) is 3.58. The molecule has 0 aromatic carbocycles. The maximum absolute atomic E-state index is 12.3. The van der Waals surface area contributed by atoms with Crippen LogP contribution in [0, 0.1) is 12.8 Å². The predicted octanol–water partition coefficient (Wildman–Crippen LogP) is 2.03. The predicted molar refractivity (Wildman–Crippen MR) is 80.2 cm³/mol. The summed E-state index contributed by atoms with van der Waals surface area (Å²) in [7, 11) is 0. The fraction of sp³-hybridized carbons (Fsp3) is 0.688. The molecule has 0 atom stereocenters. The normalized spacial score (nSPS) is 18.9. The minimum atomic E-state index is -0.0629. The Labute approximate surface area is 130 Å². The van der Waals surface area contributed by atoms with Crippen LogP contribution < -0.4 is 5.32 Å². The zero-order valence-corrected chi connectivity index (χ0v) is 13.1. The first-order chi connectivity index (χ1) is 10.6.